The van der Waals surface area contributed by atoms with Crippen LogP contribution >= 0.6 is 0 Å². The molecule has 0 bridgehead atoms. The number of allylic oxidation sites excluding steroid dienone is 1. The van der Waals surface area contributed by atoms with Crippen LogP contribution in [-0.4, -0.2) is 20.8 Å². The Labute approximate surface area is 110 Å². The zero-order valence-electron chi connectivity index (χ0n) is 10.6. The number of nitrogens with zero attached hydrogens (tertiary/aromatic N) is 3. The summed E-state index contributed by atoms with van der Waals surface area (Å²) in [5, 5.41) is 10.9. The maximum absolute atomic E-state index is 11.7. The lowest BCUT2D eigenvalue weighted by Gasteiger charge is -2.20. The highest BCUT2D eigenvalue weighted by atomic mass is 16.5. The van der Waals surface area contributed by atoms with Crippen molar-refractivity contribution in [2.75, 3.05) is 5.32 Å². The maximum atomic E-state index is 11.7. The smallest absolute Gasteiger partial charge is 0.235 e. The SMILES string of the molecule is C=CCn1cc([C@H]2CC(=O)Nc3onc(C)c32)cn1. The number of rotatable bonds is 3. The summed E-state index contributed by atoms with van der Waals surface area (Å²) >= 11 is 0. The Hall–Kier alpha value is -2.37. The van der Waals surface area contributed by atoms with Crippen molar-refractivity contribution in [3.8, 4) is 0 Å². The largest absolute Gasteiger partial charge is 0.338 e. The summed E-state index contributed by atoms with van der Waals surface area (Å²) < 4.78 is 6.93. The Balaban J connectivity index is 2.01. The molecule has 1 aliphatic heterocycles. The number of hydrogen-bond acceptors (Lipinski definition) is 4. The van der Waals surface area contributed by atoms with Gasteiger partial charge in [0.05, 0.1) is 18.4 Å². The molecule has 1 N–H and O–H groups in total. The lowest BCUT2D eigenvalue weighted by molar-refractivity contribution is -0.116. The van der Waals surface area contributed by atoms with E-state index in [2.05, 4.69) is 22.2 Å². The monoisotopic (exact) mass is 258 g/mol. The second kappa shape index (κ2) is 4.38. The molecule has 1 aliphatic rings. The lowest BCUT2D eigenvalue weighted by Crippen LogP contribution is -2.22. The van der Waals surface area contributed by atoms with Gasteiger partial charge in [-0.25, -0.2) is 0 Å². The van der Waals surface area contributed by atoms with Crippen molar-refractivity contribution in [2.45, 2.75) is 25.8 Å². The molecule has 0 aliphatic carbocycles. The third-order valence-electron chi connectivity index (χ3n) is 3.27. The normalized spacial score (nSPS) is 17.9. The quantitative estimate of drug-likeness (QED) is 0.852. The van der Waals surface area contributed by atoms with Gasteiger partial charge in [0, 0.05) is 24.1 Å². The van der Waals surface area contributed by atoms with Crippen molar-refractivity contribution < 1.29 is 9.32 Å². The standard InChI is InChI=1S/C13H14N4O2/c1-3-4-17-7-9(6-14-17)10-5-11(18)15-13-12(10)8(2)16-19-13/h3,6-7,10H,1,4-5H2,2H3,(H,15,18)/t10-/m1/s1. The Morgan fingerprint density at radius 1 is 1.68 bits per heavy atom. The first-order valence-electron chi connectivity index (χ1n) is 6.08. The highest BCUT2D eigenvalue weighted by Gasteiger charge is 2.32. The van der Waals surface area contributed by atoms with E-state index < -0.39 is 0 Å². The van der Waals surface area contributed by atoms with E-state index in [1.54, 1.807) is 17.0 Å². The van der Waals surface area contributed by atoms with Crippen LogP contribution in [0.25, 0.3) is 0 Å². The van der Waals surface area contributed by atoms with E-state index in [1.807, 2.05) is 13.1 Å². The van der Waals surface area contributed by atoms with Crippen LogP contribution in [-0.2, 0) is 11.3 Å². The zero-order valence-corrected chi connectivity index (χ0v) is 10.6. The summed E-state index contributed by atoms with van der Waals surface area (Å²) in [5.41, 5.74) is 2.73. The molecular weight excluding hydrogens is 244 g/mol. The predicted molar refractivity (Wildman–Crippen MR) is 68.8 cm³/mol. The fourth-order valence-corrected chi connectivity index (χ4v) is 2.42. The van der Waals surface area contributed by atoms with Gasteiger partial charge in [-0.1, -0.05) is 11.2 Å². The molecule has 2 aromatic rings. The predicted octanol–water partition coefficient (Wildman–Crippen LogP) is 1.84. The maximum Gasteiger partial charge on any atom is 0.235 e. The van der Waals surface area contributed by atoms with E-state index in [1.165, 1.54) is 0 Å². The fraction of sp³-hybridized carbons (Fsp3) is 0.308. The highest BCUT2D eigenvalue weighted by molar-refractivity contribution is 5.93. The lowest BCUT2D eigenvalue weighted by atomic mass is 9.88. The summed E-state index contributed by atoms with van der Waals surface area (Å²) in [7, 11) is 0. The highest BCUT2D eigenvalue weighted by Crippen LogP contribution is 2.38. The number of amides is 1. The number of hydrogen-bond donors (Lipinski definition) is 1. The molecule has 0 saturated carbocycles. The van der Waals surface area contributed by atoms with Crippen LogP contribution in [0.4, 0.5) is 5.88 Å². The summed E-state index contributed by atoms with van der Waals surface area (Å²) in [6.45, 7) is 6.20. The Morgan fingerprint density at radius 3 is 3.32 bits per heavy atom. The van der Waals surface area contributed by atoms with Gasteiger partial charge in [-0.2, -0.15) is 5.10 Å². The minimum Gasteiger partial charge on any atom is -0.338 e. The minimum atomic E-state index is -0.0647. The van der Waals surface area contributed by atoms with E-state index in [9.17, 15) is 4.79 Å². The van der Waals surface area contributed by atoms with Crippen molar-refractivity contribution in [1.29, 1.82) is 0 Å². The molecule has 19 heavy (non-hydrogen) atoms. The first-order valence-corrected chi connectivity index (χ1v) is 6.08. The Kier molecular flexibility index (Phi) is 2.70. The van der Waals surface area contributed by atoms with Gasteiger partial charge < -0.3 is 4.52 Å². The Morgan fingerprint density at radius 2 is 2.53 bits per heavy atom. The third kappa shape index (κ3) is 1.95. The fourth-order valence-electron chi connectivity index (χ4n) is 2.42. The Bertz CT molecular complexity index is 641. The van der Waals surface area contributed by atoms with Crippen LogP contribution < -0.4 is 5.32 Å². The van der Waals surface area contributed by atoms with Crippen LogP contribution in [0.15, 0.2) is 29.6 Å². The average molecular weight is 258 g/mol. The molecule has 1 amide bonds. The number of carbonyl (C=O) groups is 1. The van der Waals surface area contributed by atoms with Crippen molar-refractivity contribution in [3.05, 3.63) is 41.9 Å². The molecular formula is C13H14N4O2. The number of carbonyl (C=O) groups excluding carboxylic acids is 1. The second-order valence-corrected chi connectivity index (χ2v) is 4.60. The first-order chi connectivity index (χ1) is 9.19. The zero-order chi connectivity index (χ0) is 13.4. The van der Waals surface area contributed by atoms with Crippen LogP contribution in [0.1, 0.15) is 29.2 Å². The van der Waals surface area contributed by atoms with Gasteiger partial charge in [0.2, 0.25) is 11.8 Å². The third-order valence-corrected chi connectivity index (χ3v) is 3.27. The molecule has 1 atom stereocenters. The van der Waals surface area contributed by atoms with Gasteiger partial charge in [-0.15, -0.1) is 6.58 Å². The van der Waals surface area contributed by atoms with E-state index in [4.69, 9.17) is 4.52 Å². The molecule has 2 aromatic heterocycles. The minimum absolute atomic E-state index is 0.0476. The molecule has 3 heterocycles. The van der Waals surface area contributed by atoms with Gasteiger partial charge in [0.15, 0.2) is 0 Å². The number of anilines is 1. The molecule has 6 nitrogen and oxygen atoms in total. The molecule has 0 spiro atoms. The number of fused-ring (bicyclic) bond motifs is 1. The summed E-state index contributed by atoms with van der Waals surface area (Å²) in [6, 6.07) is 0. The topological polar surface area (TPSA) is 73.0 Å². The number of nitrogens with one attached hydrogen (secondary N) is 1. The molecule has 0 radical (unpaired) electrons. The van der Waals surface area contributed by atoms with Gasteiger partial charge >= 0.3 is 0 Å². The van der Waals surface area contributed by atoms with E-state index in [0.717, 1.165) is 16.8 Å². The van der Waals surface area contributed by atoms with E-state index >= 15 is 0 Å². The molecule has 6 heteroatoms. The number of aromatic nitrogens is 3. The summed E-state index contributed by atoms with van der Waals surface area (Å²) in [5.74, 6) is 0.342. The van der Waals surface area contributed by atoms with Gasteiger partial charge in [-0.3, -0.25) is 14.8 Å². The van der Waals surface area contributed by atoms with Crippen molar-refractivity contribution in [1.82, 2.24) is 14.9 Å². The van der Waals surface area contributed by atoms with Crippen LogP contribution in [0.5, 0.6) is 0 Å². The van der Waals surface area contributed by atoms with Gasteiger partial charge in [0.1, 0.15) is 0 Å². The summed E-state index contributed by atoms with van der Waals surface area (Å²) in [6.07, 6.45) is 5.87. The first kappa shape index (κ1) is 11.7. The van der Waals surface area contributed by atoms with Crippen molar-refractivity contribution >= 4 is 11.8 Å². The number of aryl methyl sites for hydroxylation is 1. The molecule has 0 aromatic carbocycles. The van der Waals surface area contributed by atoms with Crippen molar-refractivity contribution in [3.63, 3.8) is 0 Å². The van der Waals surface area contributed by atoms with Gasteiger partial charge in [0.25, 0.3) is 0 Å². The average Bonchev–Trinajstić information content (AvgIpc) is 2.97. The van der Waals surface area contributed by atoms with Crippen LogP contribution in [0.2, 0.25) is 0 Å². The molecule has 0 unspecified atom stereocenters. The second-order valence-electron chi connectivity index (χ2n) is 4.60. The van der Waals surface area contributed by atoms with Crippen molar-refractivity contribution in [2.24, 2.45) is 0 Å². The van der Waals surface area contributed by atoms with Crippen LogP contribution in [0, 0.1) is 6.92 Å². The van der Waals surface area contributed by atoms with Gasteiger partial charge in [-0.05, 0) is 12.5 Å². The molecule has 0 fully saturated rings. The molecule has 3 rings (SSSR count). The molecule has 98 valence electrons. The summed E-state index contributed by atoms with van der Waals surface area (Å²) in [4.78, 5) is 11.7. The van der Waals surface area contributed by atoms with E-state index in [-0.39, 0.29) is 11.8 Å². The van der Waals surface area contributed by atoms with Crippen LogP contribution in [0.3, 0.4) is 0 Å². The molecule has 0 saturated heterocycles. The van der Waals surface area contributed by atoms with E-state index in [0.29, 0.717) is 18.8 Å².